The molecule has 1 aromatic carbocycles. The number of benzene rings is 1. The second kappa shape index (κ2) is 4.95. The Morgan fingerprint density at radius 2 is 2.06 bits per heavy atom. The molecule has 16 heavy (non-hydrogen) atoms. The van der Waals surface area contributed by atoms with Crippen molar-refractivity contribution in [3.63, 3.8) is 0 Å². The molecule has 3 N–H and O–H groups in total. The van der Waals surface area contributed by atoms with Crippen LogP contribution < -0.4 is 9.86 Å². The van der Waals surface area contributed by atoms with E-state index >= 15 is 0 Å². The highest BCUT2D eigenvalue weighted by molar-refractivity contribution is 7.90. The molecule has 0 unspecified atom stereocenters. The monoisotopic (exact) mass is 244 g/mol. The van der Waals surface area contributed by atoms with E-state index in [1.165, 1.54) is 12.1 Å². The minimum atomic E-state index is -3.91. The molecule has 6 nitrogen and oxygen atoms in total. The summed E-state index contributed by atoms with van der Waals surface area (Å²) in [5, 5.41) is 4.82. The summed E-state index contributed by atoms with van der Waals surface area (Å²) in [5.74, 6) is -0.603. The molecule has 0 atom stereocenters. The van der Waals surface area contributed by atoms with Gasteiger partial charge in [-0.1, -0.05) is 12.1 Å². The summed E-state index contributed by atoms with van der Waals surface area (Å²) in [6.45, 7) is 1.87. The lowest BCUT2D eigenvalue weighted by atomic mass is 10.2. The van der Waals surface area contributed by atoms with Gasteiger partial charge in [-0.15, -0.1) is 0 Å². The summed E-state index contributed by atoms with van der Waals surface area (Å²) < 4.78 is 28.5. The van der Waals surface area contributed by atoms with Gasteiger partial charge in [0, 0.05) is 0 Å². The zero-order valence-corrected chi connectivity index (χ0v) is 9.45. The molecule has 0 saturated carbocycles. The first kappa shape index (κ1) is 12.5. The fraction of sp³-hybridized carbons (Fsp3) is 0.222. The van der Waals surface area contributed by atoms with Gasteiger partial charge in [-0.05, 0) is 19.1 Å². The van der Waals surface area contributed by atoms with Gasteiger partial charge in [0.15, 0.2) is 0 Å². The number of nitrogens with one attached hydrogen (secondary N) is 1. The standard InChI is InChI=1S/C9H12N2O4S/c1-2-15-9(12)7-5-3-4-6-8(7)11-16(10,13)14/h3-6,11H,2H2,1H3,(H2,10,13,14). The lowest BCUT2D eigenvalue weighted by molar-refractivity contribution is 0.0527. The van der Waals surface area contributed by atoms with Crippen LogP contribution in [-0.4, -0.2) is 21.0 Å². The SMILES string of the molecule is CCOC(=O)c1ccccc1NS(N)(=O)=O. The first-order valence-corrected chi connectivity index (χ1v) is 6.05. The molecule has 7 heteroatoms. The average Bonchev–Trinajstić information content (AvgIpc) is 2.16. The minimum absolute atomic E-state index is 0.100. The van der Waals surface area contributed by atoms with Crippen molar-refractivity contribution in [3.05, 3.63) is 29.8 Å². The molecule has 0 radical (unpaired) electrons. The van der Waals surface area contributed by atoms with Crippen LogP contribution in [0.3, 0.4) is 0 Å². The highest BCUT2D eigenvalue weighted by Gasteiger charge is 2.14. The molecule has 88 valence electrons. The van der Waals surface area contributed by atoms with Gasteiger partial charge >= 0.3 is 5.97 Å². The van der Waals surface area contributed by atoms with E-state index in [-0.39, 0.29) is 17.9 Å². The third-order valence-electron chi connectivity index (χ3n) is 1.67. The number of hydrogen-bond acceptors (Lipinski definition) is 4. The zero-order valence-electron chi connectivity index (χ0n) is 8.64. The summed E-state index contributed by atoms with van der Waals surface area (Å²) >= 11 is 0. The van der Waals surface area contributed by atoms with Crippen molar-refractivity contribution in [1.82, 2.24) is 0 Å². The highest BCUT2D eigenvalue weighted by atomic mass is 32.2. The van der Waals surface area contributed by atoms with Crippen LogP contribution in [0.25, 0.3) is 0 Å². The topological polar surface area (TPSA) is 98.5 Å². The van der Waals surface area contributed by atoms with Gasteiger partial charge in [0.2, 0.25) is 0 Å². The molecule has 0 heterocycles. The van der Waals surface area contributed by atoms with Crippen LogP contribution in [0.5, 0.6) is 0 Å². The maximum absolute atomic E-state index is 11.5. The molecule has 0 amide bonds. The Kier molecular flexibility index (Phi) is 3.86. The largest absolute Gasteiger partial charge is 0.462 e. The fourth-order valence-corrected chi connectivity index (χ4v) is 1.60. The third kappa shape index (κ3) is 3.52. The smallest absolute Gasteiger partial charge is 0.340 e. The normalized spacial score (nSPS) is 10.9. The first-order valence-electron chi connectivity index (χ1n) is 4.50. The van der Waals surface area contributed by atoms with Crippen molar-refractivity contribution < 1.29 is 17.9 Å². The van der Waals surface area contributed by atoms with E-state index in [0.29, 0.717) is 0 Å². The number of carbonyl (C=O) groups excluding carboxylic acids is 1. The number of para-hydroxylation sites is 1. The maximum atomic E-state index is 11.5. The fourth-order valence-electron chi connectivity index (χ4n) is 1.11. The number of rotatable bonds is 4. The van der Waals surface area contributed by atoms with Crippen molar-refractivity contribution in [2.24, 2.45) is 5.14 Å². The molecule has 0 bridgehead atoms. The molecule has 0 spiro atoms. The second-order valence-corrected chi connectivity index (χ2v) is 4.21. The number of nitrogens with two attached hydrogens (primary N) is 1. The molecule has 0 aromatic heterocycles. The summed E-state index contributed by atoms with van der Waals surface area (Å²) in [7, 11) is -3.91. The molecular formula is C9H12N2O4S. The molecule has 0 saturated heterocycles. The predicted octanol–water partition coefficient (Wildman–Crippen LogP) is 0.479. The highest BCUT2D eigenvalue weighted by Crippen LogP contribution is 2.16. The first-order chi connectivity index (χ1) is 7.44. The molecule has 0 aliphatic rings. The van der Waals surface area contributed by atoms with E-state index in [1.54, 1.807) is 19.1 Å². The van der Waals surface area contributed by atoms with Crippen molar-refractivity contribution in [1.29, 1.82) is 0 Å². The van der Waals surface area contributed by atoms with Crippen molar-refractivity contribution in [3.8, 4) is 0 Å². The van der Waals surface area contributed by atoms with Gasteiger partial charge in [0.05, 0.1) is 17.9 Å². The van der Waals surface area contributed by atoms with Crippen molar-refractivity contribution in [2.75, 3.05) is 11.3 Å². The molecule has 1 rings (SSSR count). The predicted molar refractivity (Wildman–Crippen MR) is 59.1 cm³/mol. The van der Waals surface area contributed by atoms with Crippen LogP contribution in [0.2, 0.25) is 0 Å². The third-order valence-corrected chi connectivity index (χ3v) is 2.18. The molecule has 0 aliphatic heterocycles. The van der Waals surface area contributed by atoms with E-state index in [2.05, 4.69) is 0 Å². The van der Waals surface area contributed by atoms with Gasteiger partial charge < -0.3 is 4.74 Å². The van der Waals surface area contributed by atoms with Crippen LogP contribution in [0.4, 0.5) is 5.69 Å². The summed E-state index contributed by atoms with van der Waals surface area (Å²) in [5.41, 5.74) is 0.224. The van der Waals surface area contributed by atoms with Gasteiger partial charge in [-0.2, -0.15) is 8.42 Å². The Labute approximate surface area is 93.6 Å². The Balaban J connectivity index is 3.05. The minimum Gasteiger partial charge on any atom is -0.462 e. The zero-order chi connectivity index (χ0) is 12.2. The Morgan fingerprint density at radius 3 is 2.62 bits per heavy atom. The lowest BCUT2D eigenvalue weighted by Crippen LogP contribution is -2.23. The quantitative estimate of drug-likeness (QED) is 0.752. The van der Waals surface area contributed by atoms with Gasteiger partial charge in [-0.25, -0.2) is 9.93 Å². The molecular weight excluding hydrogens is 232 g/mol. The van der Waals surface area contributed by atoms with Gasteiger partial charge in [0.25, 0.3) is 10.2 Å². The Morgan fingerprint density at radius 1 is 1.44 bits per heavy atom. The Hall–Kier alpha value is -1.60. The van der Waals surface area contributed by atoms with E-state index in [1.807, 2.05) is 4.72 Å². The molecule has 0 fully saturated rings. The van der Waals surface area contributed by atoms with Crippen LogP contribution >= 0.6 is 0 Å². The van der Waals surface area contributed by atoms with E-state index < -0.39 is 16.2 Å². The van der Waals surface area contributed by atoms with E-state index in [4.69, 9.17) is 9.88 Å². The van der Waals surface area contributed by atoms with Crippen LogP contribution in [-0.2, 0) is 14.9 Å². The molecule has 0 aliphatic carbocycles. The second-order valence-electron chi connectivity index (χ2n) is 2.91. The molecule has 1 aromatic rings. The number of anilines is 1. The Bertz CT molecular complexity index is 484. The lowest BCUT2D eigenvalue weighted by Gasteiger charge is -2.08. The maximum Gasteiger partial charge on any atom is 0.340 e. The van der Waals surface area contributed by atoms with E-state index in [9.17, 15) is 13.2 Å². The van der Waals surface area contributed by atoms with Crippen molar-refractivity contribution >= 4 is 21.9 Å². The van der Waals surface area contributed by atoms with Crippen molar-refractivity contribution in [2.45, 2.75) is 6.92 Å². The number of carbonyl (C=O) groups is 1. The summed E-state index contributed by atoms with van der Waals surface area (Å²) in [6.07, 6.45) is 0. The summed E-state index contributed by atoms with van der Waals surface area (Å²) in [6, 6.07) is 6.05. The summed E-state index contributed by atoms with van der Waals surface area (Å²) in [4.78, 5) is 11.5. The van der Waals surface area contributed by atoms with E-state index in [0.717, 1.165) is 0 Å². The van der Waals surface area contributed by atoms with Crippen LogP contribution in [0.15, 0.2) is 24.3 Å². The number of hydrogen-bond donors (Lipinski definition) is 2. The van der Waals surface area contributed by atoms with Crippen LogP contribution in [0, 0.1) is 0 Å². The number of ether oxygens (including phenoxy) is 1. The number of esters is 1. The van der Waals surface area contributed by atoms with Gasteiger partial charge in [0.1, 0.15) is 0 Å². The van der Waals surface area contributed by atoms with Gasteiger partial charge in [-0.3, -0.25) is 4.72 Å². The average molecular weight is 244 g/mol. The van der Waals surface area contributed by atoms with Crippen LogP contribution in [0.1, 0.15) is 17.3 Å².